The summed E-state index contributed by atoms with van der Waals surface area (Å²) in [6, 6.07) is 7.46. The topological polar surface area (TPSA) is 8.17 Å². The van der Waals surface area contributed by atoms with Crippen LogP contribution in [-0.2, 0) is 6.54 Å². The van der Waals surface area contributed by atoms with Crippen molar-refractivity contribution >= 4 is 16.5 Å². The van der Waals surface area contributed by atoms with Crippen molar-refractivity contribution in [3.8, 4) is 0 Å². The molecule has 0 saturated heterocycles. The number of aryl methyl sites for hydroxylation is 1. The Labute approximate surface area is 114 Å². The van der Waals surface area contributed by atoms with Crippen LogP contribution in [0.2, 0.25) is 0 Å². The second-order valence-electron chi connectivity index (χ2n) is 6.27. The van der Waals surface area contributed by atoms with Gasteiger partial charge in [0.2, 0.25) is 0 Å². The molecule has 0 amide bonds. The van der Waals surface area contributed by atoms with Gasteiger partial charge in [-0.3, -0.25) is 4.90 Å². The summed E-state index contributed by atoms with van der Waals surface area (Å²) in [4.78, 5) is 2.51. The normalized spacial score (nSPS) is 26.4. The van der Waals surface area contributed by atoms with E-state index in [1.54, 1.807) is 5.57 Å². The lowest BCUT2D eigenvalue weighted by atomic mass is 9.86. The van der Waals surface area contributed by atoms with Crippen LogP contribution in [0.1, 0.15) is 18.1 Å². The molecule has 2 heteroatoms. The van der Waals surface area contributed by atoms with Crippen LogP contribution >= 0.6 is 0 Å². The average Bonchev–Trinajstić information content (AvgIpc) is 2.74. The van der Waals surface area contributed by atoms with Crippen LogP contribution in [0.25, 0.3) is 16.5 Å². The maximum absolute atomic E-state index is 2.51. The Kier molecular flexibility index (Phi) is 2.22. The van der Waals surface area contributed by atoms with Crippen LogP contribution in [-0.4, -0.2) is 29.1 Å². The van der Waals surface area contributed by atoms with Crippen LogP contribution in [0, 0.1) is 12.8 Å². The lowest BCUT2D eigenvalue weighted by Crippen LogP contribution is -2.43. The molecule has 0 N–H and O–H groups in total. The first-order valence-corrected chi connectivity index (χ1v) is 7.15. The lowest BCUT2D eigenvalue weighted by Gasteiger charge is -2.39. The monoisotopic (exact) mass is 252 g/mol. The number of rotatable bonds is 0. The van der Waals surface area contributed by atoms with Gasteiger partial charge in [0.05, 0.1) is 11.6 Å². The molecular weight excluding hydrogens is 232 g/mol. The summed E-state index contributed by atoms with van der Waals surface area (Å²) in [6.07, 6.45) is 4.74. The highest BCUT2D eigenvalue weighted by Crippen LogP contribution is 2.38. The molecular formula is C17H20N2. The largest absolute Gasteiger partial charge is 0.345 e. The Bertz CT molecular complexity index is 693. The Balaban J connectivity index is 2.04. The van der Waals surface area contributed by atoms with E-state index >= 15 is 0 Å². The zero-order valence-corrected chi connectivity index (χ0v) is 11.9. The number of nitrogens with zero attached hydrogens (tertiary/aromatic N) is 2. The van der Waals surface area contributed by atoms with E-state index in [1.807, 2.05) is 0 Å². The van der Waals surface area contributed by atoms with Gasteiger partial charge in [0, 0.05) is 30.2 Å². The van der Waals surface area contributed by atoms with Crippen molar-refractivity contribution in [3.63, 3.8) is 0 Å². The number of likely N-dealkylation sites (N-methyl/N-ethyl adjacent to an activating group) is 1. The van der Waals surface area contributed by atoms with Crippen LogP contribution < -0.4 is 0 Å². The molecule has 1 aromatic heterocycles. The predicted molar refractivity (Wildman–Crippen MR) is 80.2 cm³/mol. The molecule has 0 fully saturated rings. The molecule has 0 saturated carbocycles. The molecule has 2 nitrogen and oxygen atoms in total. The third-order valence-corrected chi connectivity index (χ3v) is 4.62. The molecule has 2 aromatic rings. The number of aromatic nitrogens is 1. The summed E-state index contributed by atoms with van der Waals surface area (Å²) in [5.41, 5.74) is 5.79. The first kappa shape index (κ1) is 11.3. The van der Waals surface area contributed by atoms with E-state index in [-0.39, 0.29) is 0 Å². The van der Waals surface area contributed by atoms with E-state index < -0.39 is 0 Å². The van der Waals surface area contributed by atoms with Gasteiger partial charge >= 0.3 is 0 Å². The van der Waals surface area contributed by atoms with Crippen molar-refractivity contribution in [2.24, 2.45) is 5.92 Å². The summed E-state index contributed by atoms with van der Waals surface area (Å²) >= 11 is 0. The molecule has 4 rings (SSSR count). The molecule has 2 atom stereocenters. The predicted octanol–water partition coefficient (Wildman–Crippen LogP) is 3.30. The van der Waals surface area contributed by atoms with Crippen LogP contribution in [0.4, 0.5) is 0 Å². The minimum absolute atomic E-state index is 0.543. The van der Waals surface area contributed by atoms with E-state index in [4.69, 9.17) is 0 Å². The second-order valence-corrected chi connectivity index (χ2v) is 6.27. The Morgan fingerprint density at radius 1 is 1.21 bits per heavy atom. The number of benzene rings is 1. The highest BCUT2D eigenvalue weighted by atomic mass is 15.2. The molecule has 0 spiro atoms. The number of hydrogen-bond donors (Lipinski definition) is 0. The highest BCUT2D eigenvalue weighted by molar-refractivity contribution is 5.95. The van der Waals surface area contributed by atoms with Crippen LogP contribution in [0.5, 0.6) is 0 Å². The molecule has 1 aromatic carbocycles. The van der Waals surface area contributed by atoms with Gasteiger partial charge in [-0.15, -0.1) is 0 Å². The molecule has 19 heavy (non-hydrogen) atoms. The van der Waals surface area contributed by atoms with Gasteiger partial charge in [0.1, 0.15) is 0 Å². The maximum atomic E-state index is 2.51. The average molecular weight is 252 g/mol. The summed E-state index contributed by atoms with van der Waals surface area (Å²) in [5, 5.41) is 1.38. The van der Waals surface area contributed by atoms with Gasteiger partial charge in [-0.05, 0) is 49.2 Å². The Hall–Kier alpha value is -1.54. The minimum atomic E-state index is 0.543. The molecule has 2 aliphatic rings. The first-order valence-electron chi connectivity index (χ1n) is 7.15. The quantitative estimate of drug-likeness (QED) is 0.698. The van der Waals surface area contributed by atoms with E-state index in [0.29, 0.717) is 12.0 Å². The third kappa shape index (κ3) is 1.53. The smallest absolute Gasteiger partial charge is 0.0558 e. The Morgan fingerprint density at radius 2 is 2.05 bits per heavy atom. The standard InChI is InChI=1S/C17H20N2/c1-11-6-13-4-5-19-10-16-14(15(7-11)17(13)19)8-12(2)9-18(16)3/h4-8,12,16H,9-10H2,1-3H3/t12-,16+/m1/s1. The van der Waals surface area contributed by atoms with Gasteiger partial charge < -0.3 is 4.57 Å². The van der Waals surface area contributed by atoms with Crippen molar-refractivity contribution in [1.29, 1.82) is 0 Å². The van der Waals surface area contributed by atoms with Crippen molar-refractivity contribution in [2.75, 3.05) is 13.6 Å². The van der Waals surface area contributed by atoms with E-state index in [9.17, 15) is 0 Å². The fourth-order valence-electron chi connectivity index (χ4n) is 3.85. The Morgan fingerprint density at radius 3 is 2.89 bits per heavy atom. The van der Waals surface area contributed by atoms with Crippen LogP contribution in [0.15, 0.2) is 30.5 Å². The van der Waals surface area contributed by atoms with E-state index in [2.05, 4.69) is 60.8 Å². The van der Waals surface area contributed by atoms with Crippen LogP contribution in [0.3, 0.4) is 0 Å². The zero-order valence-electron chi connectivity index (χ0n) is 11.9. The zero-order chi connectivity index (χ0) is 13.1. The summed E-state index contributed by atoms with van der Waals surface area (Å²) in [6.45, 7) is 6.78. The molecule has 98 valence electrons. The second kappa shape index (κ2) is 3.73. The number of fused-ring (bicyclic) bond motifs is 2. The molecule has 0 aliphatic carbocycles. The van der Waals surface area contributed by atoms with Gasteiger partial charge in [-0.1, -0.05) is 13.0 Å². The van der Waals surface area contributed by atoms with Gasteiger partial charge in [-0.25, -0.2) is 0 Å². The minimum Gasteiger partial charge on any atom is -0.345 e. The summed E-state index contributed by atoms with van der Waals surface area (Å²) in [7, 11) is 2.26. The molecule has 2 aliphatic heterocycles. The fourth-order valence-corrected chi connectivity index (χ4v) is 3.85. The SMILES string of the molecule is Cc1cc2c3c(ccn3C[C@H]3C2=C[C@@H](C)CN3C)c1. The summed E-state index contributed by atoms with van der Waals surface area (Å²) < 4.78 is 2.43. The van der Waals surface area contributed by atoms with Crippen molar-refractivity contribution in [2.45, 2.75) is 26.4 Å². The van der Waals surface area contributed by atoms with Crippen molar-refractivity contribution in [3.05, 3.63) is 41.6 Å². The van der Waals surface area contributed by atoms with Crippen molar-refractivity contribution in [1.82, 2.24) is 9.47 Å². The first-order chi connectivity index (χ1) is 9.13. The van der Waals surface area contributed by atoms with Crippen molar-refractivity contribution < 1.29 is 0 Å². The molecule has 0 radical (unpaired) electrons. The van der Waals surface area contributed by atoms with Gasteiger partial charge in [0.25, 0.3) is 0 Å². The molecule has 0 bridgehead atoms. The third-order valence-electron chi connectivity index (χ3n) is 4.62. The molecule has 3 heterocycles. The van der Waals surface area contributed by atoms with E-state index in [0.717, 1.165) is 6.54 Å². The molecule has 0 unspecified atom stereocenters. The lowest BCUT2D eigenvalue weighted by molar-refractivity contribution is 0.234. The van der Waals surface area contributed by atoms with Gasteiger partial charge in [0.15, 0.2) is 0 Å². The summed E-state index contributed by atoms with van der Waals surface area (Å²) in [5.74, 6) is 0.647. The fraction of sp³-hybridized carbons (Fsp3) is 0.412. The van der Waals surface area contributed by atoms with E-state index in [1.165, 1.54) is 28.6 Å². The maximum Gasteiger partial charge on any atom is 0.0558 e. The van der Waals surface area contributed by atoms with Gasteiger partial charge in [-0.2, -0.15) is 0 Å². The number of hydrogen-bond acceptors (Lipinski definition) is 1. The highest BCUT2D eigenvalue weighted by Gasteiger charge is 2.31.